The summed E-state index contributed by atoms with van der Waals surface area (Å²) in [5.74, 6) is -0.0275. The van der Waals surface area contributed by atoms with Crippen LogP contribution in [0.4, 0.5) is 0 Å². The standard InChI is InChI=1S/C26H28N2O6S/c1-33-21-10-11-22-18(14-21)15-23(35-22)25(30)28-13-12-27-24(29)16-2-6-19(7-3-16)34-20-8-4-17(5-9-20)26(31)32/h2-3,6-7,10-11,14-15,17,20H,4-5,8-9,12-13H2,1H3,(H,27,29)(H,28,30)(H,31,32). The Hall–Kier alpha value is -3.59. The minimum Gasteiger partial charge on any atom is -0.497 e. The lowest BCUT2D eigenvalue weighted by molar-refractivity contribution is -0.143. The molecule has 0 saturated heterocycles. The molecule has 2 amide bonds. The van der Waals surface area contributed by atoms with Gasteiger partial charge in [-0.25, -0.2) is 0 Å². The fraction of sp³-hybridized carbons (Fsp3) is 0.346. The fourth-order valence-electron chi connectivity index (χ4n) is 4.11. The molecule has 184 valence electrons. The zero-order valence-electron chi connectivity index (χ0n) is 19.4. The van der Waals surface area contributed by atoms with E-state index in [1.165, 1.54) is 11.3 Å². The molecule has 1 aliphatic rings. The van der Waals surface area contributed by atoms with Gasteiger partial charge in [0, 0.05) is 23.4 Å². The highest BCUT2D eigenvalue weighted by atomic mass is 32.1. The minimum absolute atomic E-state index is 0.00291. The second-order valence-corrected chi connectivity index (χ2v) is 9.56. The van der Waals surface area contributed by atoms with Gasteiger partial charge in [0.05, 0.1) is 24.0 Å². The van der Waals surface area contributed by atoms with Crippen LogP contribution in [0.1, 0.15) is 45.7 Å². The summed E-state index contributed by atoms with van der Waals surface area (Å²) < 4.78 is 12.2. The molecule has 1 aliphatic carbocycles. The molecule has 35 heavy (non-hydrogen) atoms. The van der Waals surface area contributed by atoms with Crippen LogP contribution in [0.3, 0.4) is 0 Å². The summed E-state index contributed by atoms with van der Waals surface area (Å²) in [5, 5.41) is 15.7. The third-order valence-corrected chi connectivity index (χ3v) is 7.20. The number of fused-ring (bicyclic) bond motifs is 1. The number of methoxy groups -OCH3 is 1. The Balaban J connectivity index is 1.19. The first-order valence-corrected chi connectivity index (χ1v) is 12.4. The van der Waals surface area contributed by atoms with E-state index in [0.29, 0.717) is 55.0 Å². The summed E-state index contributed by atoms with van der Waals surface area (Å²) in [7, 11) is 1.61. The third kappa shape index (κ3) is 6.30. The Morgan fingerprint density at radius 2 is 1.57 bits per heavy atom. The van der Waals surface area contributed by atoms with Gasteiger partial charge in [0.15, 0.2) is 0 Å². The van der Waals surface area contributed by atoms with Gasteiger partial charge in [-0.3, -0.25) is 14.4 Å². The number of nitrogens with one attached hydrogen (secondary N) is 2. The van der Waals surface area contributed by atoms with E-state index in [1.54, 1.807) is 31.4 Å². The van der Waals surface area contributed by atoms with Crippen LogP contribution in [0.5, 0.6) is 11.5 Å². The molecule has 0 atom stereocenters. The number of thiophene rings is 1. The van der Waals surface area contributed by atoms with Crippen LogP contribution < -0.4 is 20.1 Å². The van der Waals surface area contributed by atoms with E-state index in [0.717, 1.165) is 15.8 Å². The first-order valence-electron chi connectivity index (χ1n) is 11.6. The molecule has 3 aromatic rings. The topological polar surface area (TPSA) is 114 Å². The lowest BCUT2D eigenvalue weighted by atomic mass is 9.87. The van der Waals surface area contributed by atoms with Crippen molar-refractivity contribution in [2.45, 2.75) is 31.8 Å². The normalized spacial score (nSPS) is 17.5. The molecular formula is C26H28N2O6S. The van der Waals surface area contributed by atoms with E-state index < -0.39 is 5.97 Å². The lowest BCUT2D eigenvalue weighted by Crippen LogP contribution is -2.34. The molecular weight excluding hydrogens is 468 g/mol. The van der Waals surface area contributed by atoms with Gasteiger partial charge in [-0.05, 0) is 79.6 Å². The third-order valence-electron chi connectivity index (χ3n) is 6.09. The van der Waals surface area contributed by atoms with Crippen LogP contribution in [0.25, 0.3) is 10.1 Å². The van der Waals surface area contributed by atoms with Crippen molar-refractivity contribution in [2.75, 3.05) is 20.2 Å². The number of ether oxygens (including phenoxy) is 2. The number of carbonyl (C=O) groups is 3. The quantitative estimate of drug-likeness (QED) is 0.385. The maximum absolute atomic E-state index is 12.4. The van der Waals surface area contributed by atoms with Crippen molar-refractivity contribution in [3.63, 3.8) is 0 Å². The number of rotatable bonds is 9. The van der Waals surface area contributed by atoms with Gasteiger partial charge in [-0.15, -0.1) is 11.3 Å². The Bertz CT molecular complexity index is 1200. The first kappa shape index (κ1) is 24.5. The molecule has 9 heteroatoms. The molecule has 0 spiro atoms. The molecule has 1 heterocycles. The van der Waals surface area contributed by atoms with E-state index in [2.05, 4.69) is 10.6 Å². The summed E-state index contributed by atoms with van der Waals surface area (Å²) in [4.78, 5) is 36.5. The van der Waals surface area contributed by atoms with Gasteiger partial charge in [-0.1, -0.05) is 0 Å². The van der Waals surface area contributed by atoms with Gasteiger partial charge < -0.3 is 25.2 Å². The average molecular weight is 497 g/mol. The largest absolute Gasteiger partial charge is 0.497 e. The highest BCUT2D eigenvalue weighted by Gasteiger charge is 2.26. The van der Waals surface area contributed by atoms with Crippen molar-refractivity contribution in [1.82, 2.24) is 10.6 Å². The summed E-state index contributed by atoms with van der Waals surface area (Å²) in [6.07, 6.45) is 2.65. The second kappa shape index (κ2) is 11.2. The van der Waals surface area contributed by atoms with Gasteiger partial charge in [-0.2, -0.15) is 0 Å². The summed E-state index contributed by atoms with van der Waals surface area (Å²) in [5.41, 5.74) is 0.497. The molecule has 1 fully saturated rings. The second-order valence-electron chi connectivity index (χ2n) is 8.48. The number of carboxylic acids is 1. The van der Waals surface area contributed by atoms with Gasteiger partial charge in [0.1, 0.15) is 11.5 Å². The highest BCUT2D eigenvalue weighted by Crippen LogP contribution is 2.29. The molecule has 0 bridgehead atoms. The molecule has 1 saturated carbocycles. The summed E-state index contributed by atoms with van der Waals surface area (Å²) in [6, 6.07) is 14.4. The minimum atomic E-state index is -0.737. The number of hydrogen-bond donors (Lipinski definition) is 3. The van der Waals surface area contributed by atoms with Crippen molar-refractivity contribution in [1.29, 1.82) is 0 Å². The van der Waals surface area contributed by atoms with Crippen LogP contribution in [-0.2, 0) is 4.79 Å². The summed E-state index contributed by atoms with van der Waals surface area (Å²) >= 11 is 1.41. The molecule has 2 aromatic carbocycles. The number of aliphatic carboxylic acids is 1. The monoisotopic (exact) mass is 496 g/mol. The smallest absolute Gasteiger partial charge is 0.306 e. The van der Waals surface area contributed by atoms with E-state index in [1.807, 2.05) is 24.3 Å². The maximum atomic E-state index is 12.4. The Morgan fingerprint density at radius 1 is 0.914 bits per heavy atom. The van der Waals surface area contributed by atoms with E-state index in [-0.39, 0.29) is 23.8 Å². The highest BCUT2D eigenvalue weighted by molar-refractivity contribution is 7.20. The van der Waals surface area contributed by atoms with Crippen molar-refractivity contribution < 1.29 is 29.0 Å². The van der Waals surface area contributed by atoms with Crippen LogP contribution >= 0.6 is 11.3 Å². The average Bonchev–Trinajstić information content (AvgIpc) is 3.30. The lowest BCUT2D eigenvalue weighted by Gasteiger charge is -2.26. The van der Waals surface area contributed by atoms with Crippen LogP contribution in [0.15, 0.2) is 48.5 Å². The van der Waals surface area contributed by atoms with Crippen molar-refractivity contribution in [3.8, 4) is 11.5 Å². The molecule has 8 nitrogen and oxygen atoms in total. The van der Waals surface area contributed by atoms with Crippen molar-refractivity contribution >= 4 is 39.2 Å². The number of benzene rings is 2. The van der Waals surface area contributed by atoms with Gasteiger partial charge in [0.25, 0.3) is 11.8 Å². The Kier molecular flexibility index (Phi) is 7.87. The SMILES string of the molecule is COc1ccc2sc(C(=O)NCCNC(=O)c3ccc(OC4CCC(C(=O)O)CC4)cc3)cc2c1. The molecule has 0 radical (unpaired) electrons. The number of carbonyl (C=O) groups excluding carboxylic acids is 2. The predicted molar refractivity (Wildman–Crippen MR) is 133 cm³/mol. The van der Waals surface area contributed by atoms with Crippen molar-refractivity contribution in [2.24, 2.45) is 5.92 Å². The van der Waals surface area contributed by atoms with E-state index >= 15 is 0 Å². The van der Waals surface area contributed by atoms with E-state index in [4.69, 9.17) is 14.6 Å². The van der Waals surface area contributed by atoms with Crippen LogP contribution in [0.2, 0.25) is 0 Å². The Labute approximate surface area is 207 Å². The Morgan fingerprint density at radius 3 is 2.23 bits per heavy atom. The van der Waals surface area contributed by atoms with Crippen LogP contribution in [-0.4, -0.2) is 49.2 Å². The molecule has 0 aliphatic heterocycles. The number of carboxylic acid groups (broad SMARTS) is 1. The van der Waals surface area contributed by atoms with E-state index in [9.17, 15) is 14.4 Å². The molecule has 0 unspecified atom stereocenters. The number of hydrogen-bond acceptors (Lipinski definition) is 6. The van der Waals surface area contributed by atoms with Gasteiger partial charge >= 0.3 is 5.97 Å². The maximum Gasteiger partial charge on any atom is 0.306 e. The number of amides is 2. The van der Waals surface area contributed by atoms with Crippen molar-refractivity contribution in [3.05, 3.63) is 59.0 Å². The predicted octanol–water partition coefficient (Wildman–Crippen LogP) is 4.09. The van der Waals surface area contributed by atoms with Gasteiger partial charge in [0.2, 0.25) is 0 Å². The summed E-state index contributed by atoms with van der Waals surface area (Å²) in [6.45, 7) is 0.608. The van der Waals surface area contributed by atoms with Crippen LogP contribution in [0, 0.1) is 5.92 Å². The molecule has 3 N–H and O–H groups in total. The fourth-order valence-corrected chi connectivity index (χ4v) is 5.07. The zero-order valence-corrected chi connectivity index (χ0v) is 20.2. The molecule has 4 rings (SSSR count). The molecule has 1 aromatic heterocycles. The zero-order chi connectivity index (χ0) is 24.8. The first-order chi connectivity index (χ1) is 16.9.